The van der Waals surface area contributed by atoms with Gasteiger partial charge in [-0.15, -0.1) is 0 Å². The lowest BCUT2D eigenvalue weighted by Gasteiger charge is -2.30. The maximum Gasteiger partial charge on any atom is 0.164 e. The van der Waals surface area contributed by atoms with E-state index in [1.165, 1.54) is 12.4 Å². The zero-order valence-corrected chi connectivity index (χ0v) is 11.0. The van der Waals surface area contributed by atoms with E-state index in [-0.39, 0.29) is 6.54 Å². The molecule has 1 aromatic carbocycles. The number of aromatic amines is 1. The van der Waals surface area contributed by atoms with Crippen molar-refractivity contribution in [3.05, 3.63) is 47.4 Å². The molecule has 0 atom stereocenters. The van der Waals surface area contributed by atoms with Gasteiger partial charge >= 0.3 is 0 Å². The molecule has 21 heavy (non-hydrogen) atoms. The van der Waals surface area contributed by atoms with Gasteiger partial charge in [-0.1, -0.05) is 6.07 Å². The predicted molar refractivity (Wildman–Crippen MR) is 72.8 cm³/mol. The number of halogens is 2. The van der Waals surface area contributed by atoms with Crippen molar-refractivity contribution in [3.63, 3.8) is 0 Å². The molecular weight excluding hydrogens is 276 g/mol. The molecule has 4 rings (SSSR count). The van der Waals surface area contributed by atoms with Gasteiger partial charge in [-0.05, 0) is 18.1 Å². The van der Waals surface area contributed by atoms with Crippen molar-refractivity contribution in [2.75, 3.05) is 11.4 Å². The van der Waals surface area contributed by atoms with E-state index in [0.29, 0.717) is 30.0 Å². The Bertz CT molecular complexity index is 829. The highest BCUT2D eigenvalue weighted by atomic mass is 19.2. The molecule has 0 fully saturated rings. The minimum atomic E-state index is -0.813. The van der Waals surface area contributed by atoms with Gasteiger partial charge in [0.25, 0.3) is 0 Å². The third-order valence-corrected chi connectivity index (χ3v) is 3.82. The highest BCUT2D eigenvalue weighted by Crippen LogP contribution is 2.29. The van der Waals surface area contributed by atoms with Gasteiger partial charge in [0.15, 0.2) is 17.3 Å². The minimum Gasteiger partial charge on any atom is -0.351 e. The van der Waals surface area contributed by atoms with Crippen molar-refractivity contribution in [1.29, 1.82) is 0 Å². The summed E-state index contributed by atoms with van der Waals surface area (Å²) in [6, 6.07) is 2.83. The summed E-state index contributed by atoms with van der Waals surface area (Å²) in [5, 5.41) is 7.50. The van der Waals surface area contributed by atoms with E-state index in [1.807, 2.05) is 4.90 Å². The Labute approximate surface area is 118 Å². The van der Waals surface area contributed by atoms with Crippen LogP contribution in [0.4, 0.5) is 14.6 Å². The van der Waals surface area contributed by atoms with Crippen LogP contribution in [0.25, 0.3) is 11.0 Å². The van der Waals surface area contributed by atoms with Crippen molar-refractivity contribution in [2.45, 2.75) is 13.0 Å². The highest BCUT2D eigenvalue weighted by molar-refractivity contribution is 5.86. The number of nitrogens with one attached hydrogen (secondary N) is 1. The van der Waals surface area contributed by atoms with Crippen molar-refractivity contribution < 1.29 is 8.78 Å². The topological polar surface area (TPSA) is 57.7 Å². The second kappa shape index (κ2) is 4.47. The first-order valence-corrected chi connectivity index (χ1v) is 6.59. The second-order valence-corrected chi connectivity index (χ2v) is 5.00. The molecule has 0 saturated carbocycles. The van der Waals surface area contributed by atoms with Crippen LogP contribution in [-0.2, 0) is 13.0 Å². The fraction of sp³-hybridized carbons (Fsp3) is 0.214. The Balaban J connectivity index is 1.79. The molecular formula is C14H11F2N5. The van der Waals surface area contributed by atoms with Crippen LogP contribution in [0.5, 0.6) is 0 Å². The molecule has 0 bridgehead atoms. The highest BCUT2D eigenvalue weighted by Gasteiger charge is 2.24. The number of nitrogens with zero attached hydrogens (tertiary/aromatic N) is 4. The van der Waals surface area contributed by atoms with Crippen molar-refractivity contribution in [1.82, 2.24) is 20.2 Å². The molecule has 0 spiro atoms. The molecule has 1 aliphatic rings. The first-order valence-electron chi connectivity index (χ1n) is 6.59. The number of hydrogen-bond donors (Lipinski definition) is 1. The lowest BCUT2D eigenvalue weighted by atomic mass is 9.99. The standard InChI is InChI=1S/C14H11F2N5/c15-11-2-1-8-3-4-21(6-10(8)12(11)16)14-9-5-19-20-13(9)17-7-18-14/h1-2,5,7H,3-4,6H2,(H,17,18,19,20). The van der Waals surface area contributed by atoms with Gasteiger partial charge in [0.1, 0.15) is 12.1 Å². The number of H-pyrrole nitrogens is 1. The van der Waals surface area contributed by atoms with Crippen molar-refractivity contribution in [3.8, 4) is 0 Å². The van der Waals surface area contributed by atoms with Gasteiger partial charge in [-0.3, -0.25) is 5.10 Å². The molecule has 1 N–H and O–H groups in total. The molecule has 0 saturated heterocycles. The minimum absolute atomic E-state index is 0.288. The van der Waals surface area contributed by atoms with E-state index < -0.39 is 11.6 Å². The third kappa shape index (κ3) is 1.84. The number of anilines is 1. The first-order chi connectivity index (χ1) is 10.2. The van der Waals surface area contributed by atoms with E-state index in [1.54, 1.807) is 12.3 Å². The Morgan fingerprint density at radius 1 is 1.19 bits per heavy atom. The molecule has 3 heterocycles. The summed E-state index contributed by atoms with van der Waals surface area (Å²) in [7, 11) is 0. The fourth-order valence-electron chi connectivity index (χ4n) is 2.75. The fourth-order valence-corrected chi connectivity index (χ4v) is 2.75. The van der Waals surface area contributed by atoms with E-state index in [9.17, 15) is 8.78 Å². The molecule has 7 heteroatoms. The normalized spacial score (nSPS) is 14.5. The first kappa shape index (κ1) is 12.2. The lowest BCUT2D eigenvalue weighted by Crippen LogP contribution is -2.32. The van der Waals surface area contributed by atoms with Gasteiger partial charge in [0.2, 0.25) is 0 Å². The van der Waals surface area contributed by atoms with E-state index >= 15 is 0 Å². The third-order valence-electron chi connectivity index (χ3n) is 3.82. The molecule has 0 unspecified atom stereocenters. The summed E-state index contributed by atoms with van der Waals surface area (Å²) in [6.45, 7) is 0.978. The maximum atomic E-state index is 14.0. The zero-order valence-electron chi connectivity index (χ0n) is 11.0. The summed E-state index contributed by atoms with van der Waals surface area (Å²) in [6.07, 6.45) is 3.73. The Morgan fingerprint density at radius 2 is 2.10 bits per heavy atom. The van der Waals surface area contributed by atoms with Gasteiger partial charge < -0.3 is 4.90 Å². The number of hydrogen-bond acceptors (Lipinski definition) is 4. The Kier molecular flexibility index (Phi) is 2.60. The van der Waals surface area contributed by atoms with E-state index in [2.05, 4.69) is 20.2 Å². The largest absolute Gasteiger partial charge is 0.351 e. The van der Waals surface area contributed by atoms with Crippen LogP contribution < -0.4 is 4.90 Å². The summed E-state index contributed by atoms with van der Waals surface area (Å²) in [4.78, 5) is 10.3. The van der Waals surface area contributed by atoms with Crippen LogP contribution in [0.2, 0.25) is 0 Å². The van der Waals surface area contributed by atoms with Crippen LogP contribution in [0.1, 0.15) is 11.1 Å². The molecule has 0 aliphatic carbocycles. The number of rotatable bonds is 1. The predicted octanol–water partition coefficient (Wildman–Crippen LogP) is 2.19. The van der Waals surface area contributed by atoms with Gasteiger partial charge in [0.05, 0.1) is 11.6 Å². The van der Waals surface area contributed by atoms with Gasteiger partial charge in [0, 0.05) is 18.7 Å². The van der Waals surface area contributed by atoms with Crippen LogP contribution in [0.3, 0.4) is 0 Å². The van der Waals surface area contributed by atoms with E-state index in [4.69, 9.17) is 0 Å². The lowest BCUT2D eigenvalue weighted by molar-refractivity contribution is 0.490. The zero-order chi connectivity index (χ0) is 14.4. The molecule has 0 amide bonds. The van der Waals surface area contributed by atoms with Crippen molar-refractivity contribution in [2.24, 2.45) is 0 Å². The van der Waals surface area contributed by atoms with Gasteiger partial charge in [-0.25, -0.2) is 18.7 Å². The summed E-state index contributed by atoms with van der Waals surface area (Å²) in [5.74, 6) is -0.899. The monoisotopic (exact) mass is 287 g/mol. The van der Waals surface area contributed by atoms with Gasteiger partial charge in [-0.2, -0.15) is 5.10 Å². The SMILES string of the molecule is Fc1ccc2c(c1F)CN(c1ncnc3[nH]ncc13)CC2. The quantitative estimate of drug-likeness (QED) is 0.745. The average Bonchev–Trinajstić information content (AvgIpc) is 2.99. The molecule has 2 aromatic heterocycles. The summed E-state index contributed by atoms with van der Waals surface area (Å²) in [5.41, 5.74) is 1.88. The number of benzene rings is 1. The van der Waals surface area contributed by atoms with Crippen LogP contribution in [-0.4, -0.2) is 26.7 Å². The maximum absolute atomic E-state index is 14.0. The Morgan fingerprint density at radius 3 is 3.00 bits per heavy atom. The number of fused-ring (bicyclic) bond motifs is 2. The van der Waals surface area contributed by atoms with Crippen LogP contribution in [0.15, 0.2) is 24.7 Å². The molecule has 0 radical (unpaired) electrons. The molecule has 106 valence electrons. The molecule has 1 aliphatic heterocycles. The molecule has 5 nitrogen and oxygen atoms in total. The number of aromatic nitrogens is 4. The van der Waals surface area contributed by atoms with E-state index in [0.717, 1.165) is 10.9 Å². The summed E-state index contributed by atoms with van der Waals surface area (Å²) >= 11 is 0. The Hall–Kier alpha value is -2.57. The average molecular weight is 287 g/mol. The summed E-state index contributed by atoms with van der Waals surface area (Å²) < 4.78 is 27.4. The molecule has 3 aromatic rings. The van der Waals surface area contributed by atoms with Crippen LogP contribution >= 0.6 is 0 Å². The van der Waals surface area contributed by atoms with Crippen LogP contribution in [0, 0.1) is 11.6 Å². The second-order valence-electron chi connectivity index (χ2n) is 5.00. The van der Waals surface area contributed by atoms with Crippen molar-refractivity contribution >= 4 is 16.9 Å². The smallest absolute Gasteiger partial charge is 0.164 e.